The first-order chi connectivity index (χ1) is 9.93. The number of halogens is 2. The van der Waals surface area contributed by atoms with Crippen molar-refractivity contribution in [2.75, 3.05) is 13.2 Å². The Morgan fingerprint density at radius 3 is 2.90 bits per heavy atom. The van der Waals surface area contributed by atoms with E-state index in [9.17, 15) is 4.79 Å². The second kappa shape index (κ2) is 6.90. The molecule has 2 heterocycles. The summed E-state index contributed by atoms with van der Waals surface area (Å²) in [6.07, 6.45) is 1.13. The van der Waals surface area contributed by atoms with E-state index in [1.54, 1.807) is 6.07 Å². The molecule has 0 bridgehead atoms. The first kappa shape index (κ1) is 16.5. The molecule has 2 atom stereocenters. The number of amides is 1. The maximum absolute atomic E-state index is 12.1. The maximum atomic E-state index is 12.1. The molecule has 1 amide bonds. The predicted octanol–water partition coefficient (Wildman–Crippen LogP) is 3.61. The summed E-state index contributed by atoms with van der Waals surface area (Å²) in [5.74, 6) is 0.172. The number of carbonyl (C=O) groups excluding carboxylic acids is 1. The van der Waals surface area contributed by atoms with E-state index in [1.165, 1.54) is 6.08 Å². The lowest BCUT2D eigenvalue weighted by Crippen LogP contribution is -2.52. The van der Waals surface area contributed by atoms with E-state index in [2.05, 4.69) is 41.3 Å². The van der Waals surface area contributed by atoms with Crippen molar-refractivity contribution in [1.82, 2.24) is 9.88 Å². The zero-order valence-electron chi connectivity index (χ0n) is 12.1. The third-order valence-electron chi connectivity index (χ3n) is 3.55. The lowest BCUT2D eigenvalue weighted by atomic mass is 9.91. The zero-order valence-corrected chi connectivity index (χ0v) is 14.4. The van der Waals surface area contributed by atoms with Gasteiger partial charge in [-0.3, -0.25) is 4.79 Å². The zero-order chi connectivity index (χ0) is 15.6. The van der Waals surface area contributed by atoms with Crippen LogP contribution in [-0.4, -0.2) is 35.0 Å². The van der Waals surface area contributed by atoms with Gasteiger partial charge in [0.25, 0.3) is 0 Å². The number of pyridine rings is 1. The van der Waals surface area contributed by atoms with Gasteiger partial charge in [0, 0.05) is 6.54 Å². The van der Waals surface area contributed by atoms with Crippen molar-refractivity contribution in [3.05, 3.63) is 40.1 Å². The van der Waals surface area contributed by atoms with Gasteiger partial charge in [-0.05, 0) is 45.6 Å². The molecule has 1 aromatic rings. The molecule has 0 spiro atoms. The molecular formula is C15H18BrClN2O2. The average molecular weight is 374 g/mol. The molecule has 1 aliphatic rings. The number of hydrogen-bond acceptors (Lipinski definition) is 3. The number of hydrogen-bond donors (Lipinski definition) is 0. The van der Waals surface area contributed by atoms with Gasteiger partial charge in [0.1, 0.15) is 15.9 Å². The van der Waals surface area contributed by atoms with Crippen LogP contribution in [0.5, 0.6) is 0 Å². The van der Waals surface area contributed by atoms with Crippen LogP contribution in [0.3, 0.4) is 0 Å². The van der Waals surface area contributed by atoms with E-state index in [4.69, 9.17) is 16.3 Å². The molecule has 1 aliphatic heterocycles. The molecule has 1 fully saturated rings. The summed E-state index contributed by atoms with van der Waals surface area (Å²) in [5.41, 5.74) is 0.919. The molecule has 21 heavy (non-hydrogen) atoms. The highest BCUT2D eigenvalue weighted by molar-refractivity contribution is 9.10. The number of ether oxygens (including phenoxy) is 1. The van der Waals surface area contributed by atoms with Crippen LogP contribution in [0.25, 0.3) is 0 Å². The Labute approximate surface area is 138 Å². The molecule has 0 aromatic carbocycles. The Hall–Kier alpha value is -0.910. The largest absolute Gasteiger partial charge is 0.370 e. The van der Waals surface area contributed by atoms with Gasteiger partial charge in [-0.25, -0.2) is 4.98 Å². The van der Waals surface area contributed by atoms with Crippen LogP contribution < -0.4 is 0 Å². The number of nitrogens with zero attached hydrogens (tertiary/aromatic N) is 2. The number of carbonyl (C=O) groups is 1. The van der Waals surface area contributed by atoms with E-state index in [0.717, 1.165) is 5.56 Å². The maximum Gasteiger partial charge on any atom is 0.246 e. The van der Waals surface area contributed by atoms with Gasteiger partial charge in [-0.15, -0.1) is 0 Å². The first-order valence-electron chi connectivity index (χ1n) is 6.81. The van der Waals surface area contributed by atoms with Crippen molar-refractivity contribution < 1.29 is 9.53 Å². The van der Waals surface area contributed by atoms with Crippen LogP contribution in [0.15, 0.2) is 29.4 Å². The van der Waals surface area contributed by atoms with Gasteiger partial charge in [0.05, 0.1) is 12.6 Å². The Morgan fingerprint density at radius 1 is 1.62 bits per heavy atom. The molecule has 0 aliphatic carbocycles. The minimum absolute atomic E-state index is 0.0605. The minimum atomic E-state index is -0.223. The van der Waals surface area contributed by atoms with Crippen LogP contribution >= 0.6 is 27.5 Å². The standard InChI is InChI=1S/C15H18BrClN2O2/c1-4-13(20)19-5-6-21-15(14(19)9(2)3)10-7-11(16)18-12(17)8-10/h4,7-9,14-15H,1,5-6H2,2-3H3. The summed E-state index contributed by atoms with van der Waals surface area (Å²) in [6.45, 7) is 8.80. The predicted molar refractivity (Wildman–Crippen MR) is 86.2 cm³/mol. The molecule has 114 valence electrons. The lowest BCUT2D eigenvalue weighted by molar-refractivity contribution is -0.145. The van der Waals surface area contributed by atoms with Gasteiger partial charge in [0.15, 0.2) is 0 Å². The van der Waals surface area contributed by atoms with Gasteiger partial charge < -0.3 is 9.64 Å². The van der Waals surface area contributed by atoms with Gasteiger partial charge in [0.2, 0.25) is 5.91 Å². The highest BCUT2D eigenvalue weighted by Crippen LogP contribution is 2.34. The summed E-state index contributed by atoms with van der Waals surface area (Å²) >= 11 is 9.38. The molecule has 2 unspecified atom stereocenters. The SMILES string of the molecule is C=CC(=O)N1CCOC(c2cc(Cl)nc(Br)c2)C1C(C)C. The normalized spacial score (nSPS) is 22.4. The topological polar surface area (TPSA) is 42.4 Å². The van der Waals surface area contributed by atoms with Crippen molar-refractivity contribution in [3.63, 3.8) is 0 Å². The smallest absolute Gasteiger partial charge is 0.246 e. The average Bonchev–Trinajstić information content (AvgIpc) is 2.44. The third kappa shape index (κ3) is 3.65. The third-order valence-corrected chi connectivity index (χ3v) is 4.15. The van der Waals surface area contributed by atoms with Crippen molar-refractivity contribution in [3.8, 4) is 0 Å². The van der Waals surface area contributed by atoms with Crippen LogP contribution in [0.2, 0.25) is 5.15 Å². The van der Waals surface area contributed by atoms with Crippen LogP contribution in [0.4, 0.5) is 0 Å². The summed E-state index contributed by atoms with van der Waals surface area (Å²) < 4.78 is 6.59. The van der Waals surface area contributed by atoms with Gasteiger partial charge in [-0.1, -0.05) is 32.0 Å². The summed E-state index contributed by atoms with van der Waals surface area (Å²) in [7, 11) is 0. The fourth-order valence-electron chi connectivity index (χ4n) is 2.71. The van der Waals surface area contributed by atoms with Gasteiger partial charge >= 0.3 is 0 Å². The Morgan fingerprint density at radius 2 is 2.33 bits per heavy atom. The molecule has 6 heteroatoms. The second-order valence-corrected chi connectivity index (χ2v) is 6.51. The first-order valence-corrected chi connectivity index (χ1v) is 7.98. The molecule has 1 saturated heterocycles. The van der Waals surface area contributed by atoms with E-state index < -0.39 is 0 Å². The van der Waals surface area contributed by atoms with Crippen molar-refractivity contribution >= 4 is 33.4 Å². The van der Waals surface area contributed by atoms with Crippen molar-refractivity contribution in [1.29, 1.82) is 0 Å². The highest BCUT2D eigenvalue weighted by atomic mass is 79.9. The molecular weight excluding hydrogens is 356 g/mol. The minimum Gasteiger partial charge on any atom is -0.370 e. The van der Waals surface area contributed by atoms with E-state index in [0.29, 0.717) is 22.9 Å². The number of aromatic nitrogens is 1. The van der Waals surface area contributed by atoms with Gasteiger partial charge in [-0.2, -0.15) is 0 Å². The Kier molecular flexibility index (Phi) is 5.41. The molecule has 0 N–H and O–H groups in total. The summed E-state index contributed by atoms with van der Waals surface area (Å²) in [4.78, 5) is 18.0. The Bertz CT molecular complexity index is 530. The molecule has 2 rings (SSSR count). The quantitative estimate of drug-likeness (QED) is 0.600. The fraction of sp³-hybridized carbons (Fsp3) is 0.467. The fourth-order valence-corrected chi connectivity index (χ4v) is 3.49. The van der Waals surface area contributed by atoms with E-state index in [-0.39, 0.29) is 24.0 Å². The van der Waals surface area contributed by atoms with E-state index >= 15 is 0 Å². The second-order valence-electron chi connectivity index (χ2n) is 5.31. The van der Waals surface area contributed by atoms with E-state index in [1.807, 2.05) is 11.0 Å². The Balaban J connectivity index is 2.39. The highest BCUT2D eigenvalue weighted by Gasteiger charge is 2.37. The molecule has 0 saturated carbocycles. The van der Waals surface area contributed by atoms with Crippen molar-refractivity contribution in [2.24, 2.45) is 5.92 Å². The number of morpholine rings is 1. The van der Waals surface area contributed by atoms with Crippen LogP contribution in [-0.2, 0) is 9.53 Å². The lowest BCUT2D eigenvalue weighted by Gasteiger charge is -2.43. The van der Waals surface area contributed by atoms with Crippen LogP contribution in [0, 0.1) is 5.92 Å². The molecule has 1 aromatic heterocycles. The molecule has 4 nitrogen and oxygen atoms in total. The summed E-state index contributed by atoms with van der Waals surface area (Å²) in [6, 6.07) is 3.61. The number of rotatable bonds is 3. The molecule has 0 radical (unpaired) electrons. The summed E-state index contributed by atoms with van der Waals surface area (Å²) in [5, 5.41) is 0.401. The van der Waals surface area contributed by atoms with Crippen LogP contribution in [0.1, 0.15) is 25.5 Å². The monoisotopic (exact) mass is 372 g/mol. The van der Waals surface area contributed by atoms with Crippen molar-refractivity contribution in [2.45, 2.75) is 26.0 Å².